The third kappa shape index (κ3) is 3.50. The van der Waals surface area contributed by atoms with Gasteiger partial charge in [-0.15, -0.1) is 16.8 Å². The van der Waals surface area contributed by atoms with Crippen molar-refractivity contribution < 1.29 is 0 Å². The zero-order valence-corrected chi connectivity index (χ0v) is 16.7. The summed E-state index contributed by atoms with van der Waals surface area (Å²) in [6, 6.07) is 16.6. The largest absolute Gasteiger partial charge is 0.295 e. The summed E-state index contributed by atoms with van der Waals surface area (Å²) < 4.78 is 3.16. The highest BCUT2D eigenvalue weighted by molar-refractivity contribution is 9.10. The molecule has 2 heterocycles. The number of likely N-dealkylation sites (N-methyl/N-ethyl adjacent to an activating group) is 1. The molecule has 0 spiro atoms. The van der Waals surface area contributed by atoms with Crippen molar-refractivity contribution in [3.63, 3.8) is 0 Å². The van der Waals surface area contributed by atoms with Gasteiger partial charge in [-0.3, -0.25) is 14.5 Å². The van der Waals surface area contributed by atoms with Gasteiger partial charge >= 0.3 is 0 Å². The van der Waals surface area contributed by atoms with Crippen molar-refractivity contribution in [3.8, 4) is 5.69 Å². The quantitative estimate of drug-likeness (QED) is 0.584. The fourth-order valence-corrected chi connectivity index (χ4v) is 3.69. The molecule has 1 aliphatic heterocycles. The van der Waals surface area contributed by atoms with Crippen LogP contribution in [0, 0.1) is 0 Å². The molecule has 1 aliphatic rings. The lowest BCUT2D eigenvalue weighted by Crippen LogP contribution is -2.21. The van der Waals surface area contributed by atoms with E-state index in [1.165, 1.54) is 0 Å². The Labute approximate surface area is 167 Å². The van der Waals surface area contributed by atoms with E-state index in [4.69, 9.17) is 4.99 Å². The highest BCUT2D eigenvalue weighted by Gasteiger charge is 2.23. The van der Waals surface area contributed by atoms with Crippen LogP contribution in [-0.4, -0.2) is 39.0 Å². The molecule has 6 heteroatoms. The number of hydrogen-bond acceptors (Lipinski definition) is 4. The fraction of sp³-hybridized carbons (Fsp3) is 0.190. The number of aliphatic imine (C=N–C) groups is 1. The Morgan fingerprint density at radius 3 is 2.78 bits per heavy atom. The molecule has 0 atom stereocenters. The van der Waals surface area contributed by atoms with Crippen LogP contribution in [0.15, 0.2) is 70.7 Å². The van der Waals surface area contributed by atoms with E-state index >= 15 is 0 Å². The van der Waals surface area contributed by atoms with Gasteiger partial charge in [-0.2, -0.15) is 0 Å². The normalized spacial score (nSPS) is 12.9. The van der Waals surface area contributed by atoms with Gasteiger partial charge in [-0.1, -0.05) is 52.3 Å². The first-order valence-electron chi connectivity index (χ1n) is 8.80. The highest BCUT2D eigenvalue weighted by Crippen LogP contribution is 2.28. The molecule has 5 nitrogen and oxygen atoms in total. The smallest absolute Gasteiger partial charge is 0.159 e. The van der Waals surface area contributed by atoms with Crippen molar-refractivity contribution in [2.24, 2.45) is 4.99 Å². The molecule has 0 saturated carbocycles. The van der Waals surface area contributed by atoms with Crippen LogP contribution >= 0.6 is 15.9 Å². The Kier molecular flexibility index (Phi) is 5.01. The maximum atomic E-state index is 4.89. The standard InChI is InChI=1S/C21H20BrN5/c1-3-11-26(2)14-20-25-24-19-13-23-21(15-7-5-4-6-8-15)17-12-16(22)9-10-18(17)27(19)20/h3-10,12H,1,11,13-14H2,2H3. The third-order valence-corrected chi connectivity index (χ3v) is 5.02. The Bertz CT molecular complexity index is 1010. The number of nitrogens with zero attached hydrogens (tertiary/aromatic N) is 5. The molecular formula is C21H20BrN5. The highest BCUT2D eigenvalue weighted by atomic mass is 79.9. The number of benzene rings is 2. The molecule has 136 valence electrons. The second-order valence-electron chi connectivity index (χ2n) is 6.55. The van der Waals surface area contributed by atoms with Crippen molar-refractivity contribution in [3.05, 3.63) is 88.4 Å². The van der Waals surface area contributed by atoms with Crippen LogP contribution in [-0.2, 0) is 13.1 Å². The first kappa shape index (κ1) is 17.8. The summed E-state index contributed by atoms with van der Waals surface area (Å²) in [5.41, 5.74) is 4.20. The molecule has 0 N–H and O–H groups in total. The van der Waals surface area contributed by atoms with Crippen LogP contribution in [0.2, 0.25) is 0 Å². The average Bonchev–Trinajstić information content (AvgIpc) is 2.98. The molecule has 27 heavy (non-hydrogen) atoms. The van der Waals surface area contributed by atoms with Gasteiger partial charge in [-0.25, -0.2) is 0 Å². The Balaban J connectivity index is 1.86. The number of halogens is 1. The van der Waals surface area contributed by atoms with E-state index in [2.05, 4.69) is 73.5 Å². The van der Waals surface area contributed by atoms with Crippen LogP contribution in [0.3, 0.4) is 0 Å². The number of aromatic nitrogens is 3. The van der Waals surface area contributed by atoms with Crippen molar-refractivity contribution in [1.29, 1.82) is 0 Å². The molecule has 0 saturated heterocycles. The van der Waals surface area contributed by atoms with E-state index in [0.717, 1.165) is 45.2 Å². The Hall–Kier alpha value is -2.57. The molecule has 4 rings (SSSR count). The lowest BCUT2D eigenvalue weighted by Gasteiger charge is -2.17. The van der Waals surface area contributed by atoms with E-state index < -0.39 is 0 Å². The predicted octanol–water partition coefficient (Wildman–Crippen LogP) is 4.00. The maximum Gasteiger partial charge on any atom is 0.159 e. The van der Waals surface area contributed by atoms with Crippen molar-refractivity contribution >= 4 is 21.6 Å². The Morgan fingerprint density at radius 1 is 1.19 bits per heavy atom. The third-order valence-electron chi connectivity index (χ3n) is 4.53. The summed E-state index contributed by atoms with van der Waals surface area (Å²) in [7, 11) is 2.05. The van der Waals surface area contributed by atoms with E-state index in [1.54, 1.807) is 0 Å². The van der Waals surface area contributed by atoms with Gasteiger partial charge in [0.15, 0.2) is 11.6 Å². The van der Waals surface area contributed by atoms with E-state index in [-0.39, 0.29) is 0 Å². The van der Waals surface area contributed by atoms with E-state index in [9.17, 15) is 0 Å². The monoisotopic (exact) mass is 421 g/mol. The zero-order valence-electron chi connectivity index (χ0n) is 15.1. The van der Waals surface area contributed by atoms with Crippen LogP contribution < -0.4 is 0 Å². The summed E-state index contributed by atoms with van der Waals surface area (Å²) in [5.74, 6) is 1.76. The molecule has 0 bridgehead atoms. The molecule has 3 aromatic rings. The average molecular weight is 422 g/mol. The SMILES string of the molecule is C=CCN(C)Cc1nnc2n1-c1ccc(Br)cc1C(c1ccccc1)=NC2. The molecule has 0 fully saturated rings. The minimum Gasteiger partial charge on any atom is -0.295 e. The topological polar surface area (TPSA) is 46.3 Å². The minimum atomic E-state index is 0.495. The van der Waals surface area contributed by atoms with Crippen LogP contribution in [0.1, 0.15) is 22.8 Å². The Morgan fingerprint density at radius 2 is 2.00 bits per heavy atom. The second kappa shape index (κ2) is 7.58. The van der Waals surface area contributed by atoms with Crippen molar-refractivity contribution in [2.45, 2.75) is 13.1 Å². The molecule has 0 radical (unpaired) electrons. The summed E-state index contributed by atoms with van der Waals surface area (Å²) in [6.07, 6.45) is 1.89. The maximum absolute atomic E-state index is 4.89. The first-order chi connectivity index (χ1) is 13.2. The van der Waals surface area contributed by atoms with Crippen LogP contribution in [0.5, 0.6) is 0 Å². The molecular weight excluding hydrogens is 402 g/mol. The first-order valence-corrected chi connectivity index (χ1v) is 9.59. The number of hydrogen-bond donors (Lipinski definition) is 0. The molecule has 0 aliphatic carbocycles. The van der Waals surface area contributed by atoms with Gasteiger partial charge in [0.05, 0.1) is 17.9 Å². The van der Waals surface area contributed by atoms with Crippen LogP contribution in [0.25, 0.3) is 5.69 Å². The molecule has 0 amide bonds. The zero-order chi connectivity index (χ0) is 18.8. The van der Waals surface area contributed by atoms with E-state index in [1.807, 2.05) is 30.3 Å². The summed E-state index contributed by atoms with van der Waals surface area (Å²) in [5, 5.41) is 8.86. The lowest BCUT2D eigenvalue weighted by molar-refractivity contribution is 0.350. The van der Waals surface area contributed by atoms with Gasteiger partial charge < -0.3 is 0 Å². The van der Waals surface area contributed by atoms with Gasteiger partial charge in [0.2, 0.25) is 0 Å². The lowest BCUT2D eigenvalue weighted by atomic mass is 10.0. The fourth-order valence-electron chi connectivity index (χ4n) is 3.33. The molecule has 0 unspecified atom stereocenters. The predicted molar refractivity (Wildman–Crippen MR) is 111 cm³/mol. The molecule has 1 aromatic heterocycles. The number of fused-ring (bicyclic) bond motifs is 3. The number of rotatable bonds is 5. The van der Waals surface area contributed by atoms with Gasteiger partial charge in [-0.05, 0) is 25.2 Å². The van der Waals surface area contributed by atoms with Gasteiger partial charge in [0, 0.05) is 22.1 Å². The van der Waals surface area contributed by atoms with E-state index in [0.29, 0.717) is 13.1 Å². The van der Waals surface area contributed by atoms with Crippen LogP contribution in [0.4, 0.5) is 0 Å². The van der Waals surface area contributed by atoms with Gasteiger partial charge in [0.25, 0.3) is 0 Å². The molecule has 2 aromatic carbocycles. The second-order valence-corrected chi connectivity index (χ2v) is 7.46. The van der Waals surface area contributed by atoms with Crippen molar-refractivity contribution in [2.75, 3.05) is 13.6 Å². The summed E-state index contributed by atoms with van der Waals surface area (Å²) in [4.78, 5) is 7.05. The van der Waals surface area contributed by atoms with Gasteiger partial charge in [0.1, 0.15) is 6.54 Å². The minimum absolute atomic E-state index is 0.495. The summed E-state index contributed by atoms with van der Waals surface area (Å²) in [6.45, 7) is 5.79. The summed E-state index contributed by atoms with van der Waals surface area (Å²) >= 11 is 3.61. The van der Waals surface area contributed by atoms with Crippen molar-refractivity contribution in [1.82, 2.24) is 19.7 Å².